The summed E-state index contributed by atoms with van der Waals surface area (Å²) in [6.45, 7) is 0. The molecule has 0 aliphatic heterocycles. The molecule has 0 bridgehead atoms. The SMILES string of the molecule is CN(C(=O)c1ccc(/C(N)=N/O)cc1)C1CCCCC1O. The number of aliphatic hydroxyl groups is 1. The van der Waals surface area contributed by atoms with E-state index in [2.05, 4.69) is 5.16 Å². The van der Waals surface area contributed by atoms with Crippen LogP contribution < -0.4 is 5.73 Å². The molecular weight excluding hydrogens is 270 g/mol. The van der Waals surface area contributed by atoms with Crippen LogP contribution in [0, 0.1) is 0 Å². The number of hydrogen-bond acceptors (Lipinski definition) is 4. The first-order chi connectivity index (χ1) is 10.0. The second kappa shape index (κ2) is 6.58. The third kappa shape index (κ3) is 3.33. The van der Waals surface area contributed by atoms with Crippen LogP contribution in [0.4, 0.5) is 0 Å². The van der Waals surface area contributed by atoms with Crippen LogP contribution in [0.15, 0.2) is 29.4 Å². The summed E-state index contributed by atoms with van der Waals surface area (Å²) in [4.78, 5) is 14.1. The normalized spacial score (nSPS) is 22.9. The summed E-state index contributed by atoms with van der Waals surface area (Å²) in [7, 11) is 1.72. The van der Waals surface area contributed by atoms with Crippen molar-refractivity contribution < 1.29 is 15.1 Å². The first-order valence-corrected chi connectivity index (χ1v) is 7.07. The van der Waals surface area contributed by atoms with Crippen LogP contribution in [0.5, 0.6) is 0 Å². The Morgan fingerprint density at radius 2 is 1.81 bits per heavy atom. The maximum Gasteiger partial charge on any atom is 0.253 e. The summed E-state index contributed by atoms with van der Waals surface area (Å²) in [5.74, 6) is -0.128. The average Bonchev–Trinajstić information content (AvgIpc) is 2.53. The van der Waals surface area contributed by atoms with E-state index < -0.39 is 6.10 Å². The minimum Gasteiger partial charge on any atom is -0.409 e. The number of carbonyl (C=O) groups excluding carboxylic acids is 1. The van der Waals surface area contributed by atoms with Gasteiger partial charge in [-0.2, -0.15) is 0 Å². The van der Waals surface area contributed by atoms with Crippen LogP contribution in [0.1, 0.15) is 41.6 Å². The number of hydrogen-bond donors (Lipinski definition) is 3. The minimum absolute atomic E-state index is 0.00468. The van der Waals surface area contributed by atoms with E-state index in [-0.39, 0.29) is 17.8 Å². The molecule has 6 heteroatoms. The number of carbonyl (C=O) groups is 1. The molecule has 4 N–H and O–H groups in total. The van der Waals surface area contributed by atoms with Crippen LogP contribution in [-0.4, -0.2) is 46.1 Å². The standard InChI is InChI=1S/C15H21N3O3/c1-18(12-4-2-3-5-13(12)19)15(20)11-8-6-10(7-9-11)14(16)17-21/h6-9,12-13,19,21H,2-5H2,1H3,(H2,16,17). The minimum atomic E-state index is -0.455. The zero-order valence-corrected chi connectivity index (χ0v) is 12.1. The van der Waals surface area contributed by atoms with Gasteiger partial charge < -0.3 is 20.9 Å². The van der Waals surface area contributed by atoms with Gasteiger partial charge in [-0.05, 0) is 25.0 Å². The molecular formula is C15H21N3O3. The molecule has 1 saturated carbocycles. The van der Waals surface area contributed by atoms with Crippen molar-refractivity contribution in [3.05, 3.63) is 35.4 Å². The van der Waals surface area contributed by atoms with Crippen LogP contribution in [0.2, 0.25) is 0 Å². The number of benzene rings is 1. The number of rotatable bonds is 3. The van der Waals surface area contributed by atoms with Gasteiger partial charge in [-0.1, -0.05) is 30.1 Å². The summed E-state index contributed by atoms with van der Waals surface area (Å²) >= 11 is 0. The lowest BCUT2D eigenvalue weighted by Gasteiger charge is -2.35. The molecule has 0 aromatic heterocycles. The van der Waals surface area contributed by atoms with Gasteiger partial charge in [0.25, 0.3) is 5.91 Å². The Labute approximate surface area is 123 Å². The predicted octanol–water partition coefficient (Wildman–Crippen LogP) is 1.16. The van der Waals surface area contributed by atoms with Crippen molar-refractivity contribution in [1.29, 1.82) is 0 Å². The van der Waals surface area contributed by atoms with E-state index in [1.54, 1.807) is 36.2 Å². The van der Waals surface area contributed by atoms with Gasteiger partial charge in [0.1, 0.15) is 0 Å². The molecule has 1 amide bonds. The lowest BCUT2D eigenvalue weighted by molar-refractivity contribution is 0.0268. The largest absolute Gasteiger partial charge is 0.409 e. The van der Waals surface area contributed by atoms with Crippen molar-refractivity contribution in [3.8, 4) is 0 Å². The number of likely N-dealkylation sites (N-methyl/N-ethyl adjacent to an activating group) is 1. The molecule has 1 aliphatic carbocycles. The number of nitrogens with two attached hydrogens (primary N) is 1. The Morgan fingerprint density at radius 3 is 2.38 bits per heavy atom. The fraction of sp³-hybridized carbons (Fsp3) is 0.467. The molecule has 0 spiro atoms. The van der Waals surface area contributed by atoms with Crippen molar-refractivity contribution in [3.63, 3.8) is 0 Å². The summed E-state index contributed by atoms with van der Waals surface area (Å²) in [6, 6.07) is 6.42. The van der Waals surface area contributed by atoms with Gasteiger partial charge in [0, 0.05) is 18.2 Å². The second-order valence-electron chi connectivity index (χ2n) is 5.40. The highest BCUT2D eigenvalue weighted by Crippen LogP contribution is 2.23. The summed E-state index contributed by atoms with van der Waals surface area (Å²) in [5, 5.41) is 21.6. The van der Waals surface area contributed by atoms with Crippen molar-refractivity contribution in [1.82, 2.24) is 4.90 Å². The fourth-order valence-electron chi connectivity index (χ4n) is 2.74. The zero-order chi connectivity index (χ0) is 15.4. The van der Waals surface area contributed by atoms with Crippen LogP contribution in [0.25, 0.3) is 0 Å². The average molecular weight is 291 g/mol. The smallest absolute Gasteiger partial charge is 0.253 e. The maximum atomic E-state index is 12.4. The van der Waals surface area contributed by atoms with Crippen LogP contribution in [-0.2, 0) is 0 Å². The summed E-state index contributed by atoms with van der Waals surface area (Å²) < 4.78 is 0. The lowest BCUT2D eigenvalue weighted by atomic mass is 9.91. The Morgan fingerprint density at radius 1 is 1.24 bits per heavy atom. The lowest BCUT2D eigenvalue weighted by Crippen LogP contribution is -2.46. The number of oxime groups is 1. The van der Waals surface area contributed by atoms with Crippen molar-refractivity contribution in [2.45, 2.75) is 37.8 Å². The number of aliphatic hydroxyl groups excluding tert-OH is 1. The predicted molar refractivity (Wildman–Crippen MR) is 79.3 cm³/mol. The Bertz CT molecular complexity index is 527. The van der Waals surface area contributed by atoms with Crippen LogP contribution in [0.3, 0.4) is 0 Å². The second-order valence-corrected chi connectivity index (χ2v) is 5.40. The molecule has 1 aromatic rings. The Hall–Kier alpha value is -2.08. The molecule has 1 fully saturated rings. The molecule has 0 heterocycles. The van der Waals surface area contributed by atoms with Crippen LogP contribution >= 0.6 is 0 Å². The summed E-state index contributed by atoms with van der Waals surface area (Å²) in [6.07, 6.45) is 3.15. The highest BCUT2D eigenvalue weighted by Gasteiger charge is 2.29. The Balaban J connectivity index is 2.12. The highest BCUT2D eigenvalue weighted by molar-refractivity contribution is 5.99. The van der Waals surface area contributed by atoms with Gasteiger partial charge in [-0.3, -0.25) is 4.79 Å². The quantitative estimate of drug-likeness (QED) is 0.337. The maximum absolute atomic E-state index is 12.4. The molecule has 2 rings (SSSR count). The molecule has 2 atom stereocenters. The van der Waals surface area contributed by atoms with Gasteiger partial charge in [0.05, 0.1) is 12.1 Å². The number of amidine groups is 1. The first-order valence-electron chi connectivity index (χ1n) is 7.07. The third-order valence-electron chi connectivity index (χ3n) is 4.05. The third-order valence-corrected chi connectivity index (χ3v) is 4.05. The van der Waals surface area contributed by atoms with E-state index in [0.29, 0.717) is 11.1 Å². The monoisotopic (exact) mass is 291 g/mol. The van der Waals surface area contributed by atoms with E-state index >= 15 is 0 Å². The number of amides is 1. The van der Waals surface area contributed by atoms with E-state index in [9.17, 15) is 9.90 Å². The molecule has 1 aromatic carbocycles. The van der Waals surface area contributed by atoms with E-state index in [0.717, 1.165) is 25.7 Å². The molecule has 21 heavy (non-hydrogen) atoms. The highest BCUT2D eigenvalue weighted by atomic mass is 16.4. The van der Waals surface area contributed by atoms with Gasteiger partial charge in [-0.25, -0.2) is 0 Å². The molecule has 6 nitrogen and oxygen atoms in total. The van der Waals surface area contributed by atoms with Gasteiger partial charge in [0.15, 0.2) is 5.84 Å². The van der Waals surface area contributed by atoms with Gasteiger partial charge in [-0.15, -0.1) is 0 Å². The van der Waals surface area contributed by atoms with Crippen molar-refractivity contribution >= 4 is 11.7 Å². The van der Waals surface area contributed by atoms with Gasteiger partial charge in [0.2, 0.25) is 0 Å². The molecule has 0 radical (unpaired) electrons. The first kappa shape index (κ1) is 15.3. The van der Waals surface area contributed by atoms with E-state index in [4.69, 9.17) is 10.9 Å². The summed E-state index contributed by atoms with van der Waals surface area (Å²) in [5.41, 5.74) is 6.56. The van der Waals surface area contributed by atoms with Crippen molar-refractivity contribution in [2.24, 2.45) is 10.9 Å². The topological polar surface area (TPSA) is 99.2 Å². The molecule has 114 valence electrons. The van der Waals surface area contributed by atoms with Crippen molar-refractivity contribution in [2.75, 3.05) is 7.05 Å². The number of nitrogens with zero attached hydrogens (tertiary/aromatic N) is 2. The van der Waals surface area contributed by atoms with E-state index in [1.165, 1.54) is 0 Å². The Kier molecular flexibility index (Phi) is 4.80. The molecule has 1 aliphatic rings. The zero-order valence-electron chi connectivity index (χ0n) is 12.1. The molecule has 0 saturated heterocycles. The van der Waals surface area contributed by atoms with E-state index in [1.807, 2.05) is 0 Å². The molecule has 2 unspecified atom stereocenters. The van der Waals surface area contributed by atoms with Gasteiger partial charge >= 0.3 is 0 Å². The fourth-order valence-corrected chi connectivity index (χ4v) is 2.74.